The van der Waals surface area contributed by atoms with Crippen molar-refractivity contribution in [1.29, 1.82) is 10.5 Å². The van der Waals surface area contributed by atoms with Gasteiger partial charge in [-0.15, -0.1) is 0 Å². The van der Waals surface area contributed by atoms with Gasteiger partial charge in [0.05, 0.1) is 23.3 Å². The molecule has 2 aromatic rings. The molecule has 0 saturated carbocycles. The largest absolute Gasteiger partial charge is 0.315 e. The van der Waals surface area contributed by atoms with Crippen molar-refractivity contribution in [2.24, 2.45) is 5.73 Å². The third kappa shape index (κ3) is 4.36. The number of carbonyl (C=O) groups is 2. The van der Waals surface area contributed by atoms with Crippen LogP contribution in [0.4, 0.5) is 0 Å². The van der Waals surface area contributed by atoms with E-state index in [0.29, 0.717) is 22.3 Å². The molecule has 118 valence electrons. The lowest BCUT2D eigenvalue weighted by atomic mass is 9.97. The van der Waals surface area contributed by atoms with Crippen LogP contribution in [0.3, 0.4) is 0 Å². The normalized spacial score (nSPS) is 10.0. The van der Waals surface area contributed by atoms with E-state index in [1.165, 1.54) is 0 Å². The summed E-state index contributed by atoms with van der Waals surface area (Å²) < 4.78 is 0. The lowest BCUT2D eigenvalue weighted by Crippen LogP contribution is -2.40. The maximum absolute atomic E-state index is 12.1. The van der Waals surface area contributed by atoms with E-state index in [-0.39, 0.29) is 24.4 Å². The number of carbonyl (C=O) groups excluding carboxylic acids is 2. The number of Topliss-reactive ketones (excluding diaryl/α,β-unsaturated/α-hetero) is 2. The quantitative estimate of drug-likeness (QED) is 0.815. The van der Waals surface area contributed by atoms with E-state index in [0.717, 1.165) is 0 Å². The van der Waals surface area contributed by atoms with Gasteiger partial charge in [-0.2, -0.15) is 10.5 Å². The third-order valence-corrected chi connectivity index (χ3v) is 3.62. The van der Waals surface area contributed by atoms with Crippen LogP contribution in [0.5, 0.6) is 0 Å². The molecule has 24 heavy (non-hydrogen) atoms. The van der Waals surface area contributed by atoms with Crippen molar-refractivity contribution in [3.05, 3.63) is 70.8 Å². The fraction of sp³-hybridized carbons (Fsp3) is 0.158. The average Bonchev–Trinajstić information content (AvgIpc) is 2.62. The van der Waals surface area contributed by atoms with E-state index in [9.17, 15) is 9.59 Å². The van der Waals surface area contributed by atoms with Gasteiger partial charge < -0.3 is 5.73 Å². The number of nitrogens with zero attached hydrogens (tertiary/aromatic N) is 2. The smallest absolute Gasteiger partial charge is 0.161 e. The second-order valence-corrected chi connectivity index (χ2v) is 5.38. The first-order valence-electron chi connectivity index (χ1n) is 7.32. The number of benzene rings is 2. The van der Waals surface area contributed by atoms with E-state index in [4.69, 9.17) is 16.3 Å². The Kier molecular flexibility index (Phi) is 5.57. The van der Waals surface area contributed by atoms with Gasteiger partial charge in [-0.1, -0.05) is 24.3 Å². The Morgan fingerprint density at radius 1 is 0.792 bits per heavy atom. The van der Waals surface area contributed by atoms with Gasteiger partial charge in [-0.3, -0.25) is 9.59 Å². The van der Waals surface area contributed by atoms with Crippen LogP contribution in [0.2, 0.25) is 0 Å². The van der Waals surface area contributed by atoms with E-state index in [1.807, 2.05) is 12.1 Å². The van der Waals surface area contributed by atoms with Gasteiger partial charge in [-0.05, 0) is 35.4 Å². The van der Waals surface area contributed by atoms with Crippen molar-refractivity contribution < 1.29 is 9.59 Å². The van der Waals surface area contributed by atoms with Crippen LogP contribution in [-0.2, 0) is 22.4 Å². The number of nitrogens with two attached hydrogens (primary N) is 1. The Bertz CT molecular complexity index is 753. The van der Waals surface area contributed by atoms with Crippen molar-refractivity contribution >= 4 is 11.6 Å². The summed E-state index contributed by atoms with van der Waals surface area (Å²) in [6, 6.07) is 16.0. The highest BCUT2D eigenvalue weighted by molar-refractivity contribution is 6.07. The fourth-order valence-electron chi connectivity index (χ4n) is 2.20. The summed E-state index contributed by atoms with van der Waals surface area (Å²) in [6.45, 7) is 0. The molecule has 0 spiro atoms. The molecule has 0 aliphatic carbocycles. The number of hydrogen-bond donors (Lipinski definition) is 1. The summed E-state index contributed by atoms with van der Waals surface area (Å²) in [5.41, 5.74) is 8.20. The fourth-order valence-corrected chi connectivity index (χ4v) is 2.20. The van der Waals surface area contributed by atoms with Crippen LogP contribution >= 0.6 is 0 Å². The molecule has 0 aliphatic heterocycles. The molecule has 5 nitrogen and oxygen atoms in total. The van der Waals surface area contributed by atoms with E-state index < -0.39 is 6.04 Å². The molecule has 0 fully saturated rings. The average molecular weight is 317 g/mol. The van der Waals surface area contributed by atoms with Gasteiger partial charge in [0.1, 0.15) is 6.04 Å². The molecule has 0 unspecified atom stereocenters. The van der Waals surface area contributed by atoms with Crippen molar-refractivity contribution in [2.45, 2.75) is 18.9 Å². The maximum Gasteiger partial charge on any atom is 0.161 e. The summed E-state index contributed by atoms with van der Waals surface area (Å²) in [6.07, 6.45) is 0.0952. The minimum Gasteiger partial charge on any atom is -0.315 e. The summed E-state index contributed by atoms with van der Waals surface area (Å²) >= 11 is 0. The Labute approximate surface area is 139 Å². The zero-order chi connectivity index (χ0) is 17.5. The molecule has 2 aromatic carbocycles. The topological polar surface area (TPSA) is 108 Å². The monoisotopic (exact) mass is 317 g/mol. The zero-order valence-corrected chi connectivity index (χ0v) is 12.9. The molecule has 0 atom stereocenters. The van der Waals surface area contributed by atoms with Gasteiger partial charge in [0.15, 0.2) is 11.6 Å². The lowest BCUT2D eigenvalue weighted by molar-refractivity contribution is -0.128. The van der Waals surface area contributed by atoms with Crippen LogP contribution in [0.15, 0.2) is 48.5 Å². The molecule has 0 bridgehead atoms. The highest BCUT2D eigenvalue weighted by Crippen LogP contribution is 2.08. The molecule has 2 rings (SSSR count). The summed E-state index contributed by atoms with van der Waals surface area (Å²) in [5, 5.41) is 17.5. The molecule has 0 radical (unpaired) electrons. The third-order valence-electron chi connectivity index (χ3n) is 3.62. The van der Waals surface area contributed by atoms with Crippen molar-refractivity contribution in [1.82, 2.24) is 0 Å². The van der Waals surface area contributed by atoms with Crippen molar-refractivity contribution in [2.75, 3.05) is 0 Å². The Morgan fingerprint density at radius 2 is 1.12 bits per heavy atom. The van der Waals surface area contributed by atoms with Crippen LogP contribution < -0.4 is 5.73 Å². The zero-order valence-electron chi connectivity index (χ0n) is 12.9. The molecule has 0 aromatic heterocycles. The molecular weight excluding hydrogens is 302 g/mol. The predicted molar refractivity (Wildman–Crippen MR) is 87.7 cm³/mol. The number of ketones is 2. The lowest BCUT2D eigenvalue weighted by Gasteiger charge is -2.10. The first-order valence-corrected chi connectivity index (χ1v) is 7.32. The molecule has 2 N–H and O–H groups in total. The molecule has 0 saturated heterocycles. The van der Waals surface area contributed by atoms with E-state index >= 15 is 0 Å². The predicted octanol–water partition coefficient (Wildman–Crippen LogP) is 1.68. The molecular formula is C19H15N3O2. The Morgan fingerprint density at radius 3 is 1.42 bits per heavy atom. The number of rotatable bonds is 6. The summed E-state index contributed by atoms with van der Waals surface area (Å²) in [5.74, 6) is -0.725. The van der Waals surface area contributed by atoms with Gasteiger partial charge in [0.25, 0.3) is 0 Å². The second kappa shape index (κ2) is 7.82. The van der Waals surface area contributed by atoms with Crippen molar-refractivity contribution in [3.63, 3.8) is 0 Å². The summed E-state index contributed by atoms with van der Waals surface area (Å²) in [4.78, 5) is 24.3. The molecule has 0 aliphatic rings. The van der Waals surface area contributed by atoms with Crippen LogP contribution in [-0.4, -0.2) is 17.6 Å². The minimum absolute atomic E-state index is 0.0476. The SMILES string of the molecule is N#Cc1ccc(CC(=O)C(N)C(=O)Cc2ccc(C#N)cc2)cc1. The van der Waals surface area contributed by atoms with Gasteiger partial charge in [0.2, 0.25) is 0 Å². The van der Waals surface area contributed by atoms with Crippen LogP contribution in [0.1, 0.15) is 22.3 Å². The van der Waals surface area contributed by atoms with Crippen molar-refractivity contribution in [3.8, 4) is 12.1 Å². The highest BCUT2D eigenvalue weighted by atomic mass is 16.2. The van der Waals surface area contributed by atoms with Gasteiger partial charge in [-0.25, -0.2) is 0 Å². The minimum atomic E-state index is -1.18. The summed E-state index contributed by atoms with van der Waals surface area (Å²) in [7, 11) is 0. The van der Waals surface area contributed by atoms with Crippen LogP contribution in [0, 0.1) is 22.7 Å². The Hall–Kier alpha value is -3.28. The maximum atomic E-state index is 12.1. The Balaban J connectivity index is 1.97. The van der Waals surface area contributed by atoms with E-state index in [1.54, 1.807) is 48.5 Å². The first-order chi connectivity index (χ1) is 11.5. The highest BCUT2D eigenvalue weighted by Gasteiger charge is 2.22. The van der Waals surface area contributed by atoms with Crippen LogP contribution in [0.25, 0.3) is 0 Å². The second-order valence-electron chi connectivity index (χ2n) is 5.38. The van der Waals surface area contributed by atoms with Gasteiger partial charge in [0, 0.05) is 12.8 Å². The number of nitriles is 2. The number of hydrogen-bond acceptors (Lipinski definition) is 5. The standard InChI is InChI=1S/C19H15N3O2/c20-11-15-5-1-13(2-6-15)9-17(23)19(22)18(24)10-14-3-7-16(12-21)8-4-14/h1-8,19H,9-10,22H2. The van der Waals surface area contributed by atoms with Gasteiger partial charge >= 0.3 is 0 Å². The van der Waals surface area contributed by atoms with E-state index in [2.05, 4.69) is 0 Å². The molecule has 0 amide bonds. The molecule has 5 heteroatoms. The first kappa shape index (κ1) is 17.1. The molecule has 0 heterocycles.